The minimum absolute atomic E-state index is 0. The molecule has 1 aliphatic rings. The first-order valence-corrected chi connectivity index (χ1v) is 6.24. The number of carbonyl (C=O) groups excluding carboxylic acids is 1. The molecule has 0 bridgehead atoms. The smallest absolute Gasteiger partial charge is 0.248 e. The highest BCUT2D eigenvalue weighted by atomic mass is 35.5. The van der Waals surface area contributed by atoms with Crippen LogP contribution in [0.2, 0.25) is 0 Å². The first-order valence-electron chi connectivity index (χ1n) is 6.24. The highest BCUT2D eigenvalue weighted by Gasteiger charge is 2.34. The second-order valence-corrected chi connectivity index (χ2v) is 4.83. The number of hydrogen-bond acceptors (Lipinski definition) is 4. The Kier molecular flexibility index (Phi) is 8.52. The Morgan fingerprint density at radius 2 is 2.06 bits per heavy atom. The molecule has 1 atom stereocenters. The van der Waals surface area contributed by atoms with E-state index in [4.69, 9.17) is 15.2 Å². The van der Waals surface area contributed by atoms with E-state index in [-0.39, 0.29) is 30.3 Å². The topological polar surface area (TPSA) is 64.8 Å². The molecule has 1 aliphatic heterocycles. The van der Waals surface area contributed by atoms with Crippen molar-refractivity contribution in [2.45, 2.75) is 20.3 Å². The number of nitrogens with zero attached hydrogens (tertiary/aromatic N) is 1. The third-order valence-corrected chi connectivity index (χ3v) is 3.21. The Morgan fingerprint density at radius 1 is 1.39 bits per heavy atom. The molecule has 5 nitrogen and oxygen atoms in total. The summed E-state index contributed by atoms with van der Waals surface area (Å²) in [6, 6.07) is 0. The fraction of sp³-hybridized carbons (Fsp3) is 0.917. The van der Waals surface area contributed by atoms with E-state index >= 15 is 0 Å². The molecular formula is C12H25ClN2O3. The van der Waals surface area contributed by atoms with Gasteiger partial charge in [-0.05, 0) is 25.3 Å². The predicted molar refractivity (Wildman–Crippen MR) is 72.9 cm³/mol. The van der Waals surface area contributed by atoms with Crippen LogP contribution in [-0.4, -0.2) is 56.9 Å². The molecule has 0 aromatic carbocycles. The average molecular weight is 281 g/mol. The number of hydrogen-bond donors (Lipinski definition) is 1. The Hall–Kier alpha value is -0.360. The molecule has 1 unspecified atom stereocenters. The molecular weight excluding hydrogens is 256 g/mol. The van der Waals surface area contributed by atoms with Gasteiger partial charge in [-0.1, -0.05) is 6.92 Å². The molecule has 1 rings (SSSR count). The fourth-order valence-corrected chi connectivity index (χ4v) is 1.92. The summed E-state index contributed by atoms with van der Waals surface area (Å²) >= 11 is 0. The van der Waals surface area contributed by atoms with Crippen molar-refractivity contribution >= 4 is 18.3 Å². The third kappa shape index (κ3) is 5.52. The molecule has 108 valence electrons. The van der Waals surface area contributed by atoms with E-state index in [0.717, 1.165) is 19.5 Å². The summed E-state index contributed by atoms with van der Waals surface area (Å²) in [4.78, 5) is 13.6. The highest BCUT2D eigenvalue weighted by molar-refractivity contribution is 5.85. The summed E-state index contributed by atoms with van der Waals surface area (Å²) in [6.07, 6.45) is 0.980. The number of amides is 1. The van der Waals surface area contributed by atoms with Crippen LogP contribution in [0.4, 0.5) is 0 Å². The van der Waals surface area contributed by atoms with Crippen LogP contribution in [0, 0.1) is 5.41 Å². The van der Waals surface area contributed by atoms with Crippen molar-refractivity contribution in [1.82, 2.24) is 4.90 Å². The molecule has 0 aromatic rings. The lowest BCUT2D eigenvalue weighted by Crippen LogP contribution is -2.36. The zero-order valence-electron chi connectivity index (χ0n) is 11.3. The Morgan fingerprint density at radius 3 is 2.61 bits per heavy atom. The monoisotopic (exact) mass is 280 g/mol. The maximum Gasteiger partial charge on any atom is 0.248 e. The van der Waals surface area contributed by atoms with Crippen LogP contribution >= 0.6 is 12.4 Å². The molecule has 6 heteroatoms. The Labute approximate surface area is 115 Å². The van der Waals surface area contributed by atoms with Gasteiger partial charge in [-0.15, -0.1) is 12.4 Å². The minimum atomic E-state index is 0. The van der Waals surface area contributed by atoms with Gasteiger partial charge in [0.05, 0.1) is 13.2 Å². The van der Waals surface area contributed by atoms with E-state index in [1.165, 1.54) is 0 Å². The van der Waals surface area contributed by atoms with Gasteiger partial charge >= 0.3 is 0 Å². The average Bonchev–Trinajstić information content (AvgIpc) is 2.72. The fourth-order valence-electron chi connectivity index (χ4n) is 1.92. The van der Waals surface area contributed by atoms with Crippen molar-refractivity contribution < 1.29 is 14.3 Å². The van der Waals surface area contributed by atoms with Crippen molar-refractivity contribution in [3.63, 3.8) is 0 Å². The van der Waals surface area contributed by atoms with Gasteiger partial charge in [0.15, 0.2) is 0 Å². The molecule has 1 heterocycles. The molecule has 1 saturated heterocycles. The standard InChI is InChI=1S/C12H24N2O3.ClH/c1-3-16-6-7-17-8-11(15)14-5-4-12(2,9-13)10-14;/h3-10,13H2,1-2H3;1H. The van der Waals surface area contributed by atoms with Crippen LogP contribution in [0.5, 0.6) is 0 Å². The van der Waals surface area contributed by atoms with E-state index in [2.05, 4.69) is 6.92 Å². The van der Waals surface area contributed by atoms with E-state index < -0.39 is 0 Å². The highest BCUT2D eigenvalue weighted by Crippen LogP contribution is 2.28. The summed E-state index contributed by atoms with van der Waals surface area (Å²) in [5, 5.41) is 0. The van der Waals surface area contributed by atoms with Crippen LogP contribution in [0.25, 0.3) is 0 Å². The maximum atomic E-state index is 11.8. The van der Waals surface area contributed by atoms with Crippen LogP contribution in [-0.2, 0) is 14.3 Å². The summed E-state index contributed by atoms with van der Waals surface area (Å²) in [5.74, 6) is 0.0543. The van der Waals surface area contributed by atoms with Gasteiger partial charge in [0.2, 0.25) is 5.91 Å². The van der Waals surface area contributed by atoms with E-state index in [1.807, 2.05) is 11.8 Å². The van der Waals surface area contributed by atoms with Crippen LogP contribution in [0.15, 0.2) is 0 Å². The zero-order chi connectivity index (χ0) is 12.7. The number of likely N-dealkylation sites (tertiary alicyclic amines) is 1. The number of nitrogens with two attached hydrogens (primary N) is 1. The molecule has 0 aromatic heterocycles. The molecule has 0 aliphatic carbocycles. The van der Waals surface area contributed by atoms with E-state index in [1.54, 1.807) is 0 Å². The Bertz CT molecular complexity index is 253. The SMILES string of the molecule is CCOCCOCC(=O)N1CCC(C)(CN)C1.Cl. The lowest BCUT2D eigenvalue weighted by atomic mass is 9.90. The van der Waals surface area contributed by atoms with Crippen molar-refractivity contribution in [1.29, 1.82) is 0 Å². The first-order chi connectivity index (χ1) is 8.11. The zero-order valence-corrected chi connectivity index (χ0v) is 12.1. The van der Waals surface area contributed by atoms with Gasteiger partial charge < -0.3 is 20.1 Å². The van der Waals surface area contributed by atoms with Gasteiger partial charge in [0.25, 0.3) is 0 Å². The normalized spacial score (nSPS) is 22.9. The van der Waals surface area contributed by atoms with Gasteiger partial charge in [-0.3, -0.25) is 4.79 Å². The van der Waals surface area contributed by atoms with Gasteiger partial charge in [-0.2, -0.15) is 0 Å². The summed E-state index contributed by atoms with van der Waals surface area (Å²) < 4.78 is 10.4. The molecule has 0 radical (unpaired) electrons. The molecule has 18 heavy (non-hydrogen) atoms. The lowest BCUT2D eigenvalue weighted by Gasteiger charge is -2.22. The van der Waals surface area contributed by atoms with Crippen molar-refractivity contribution in [2.24, 2.45) is 11.1 Å². The Balaban J connectivity index is 0.00000289. The lowest BCUT2D eigenvalue weighted by molar-refractivity contribution is -0.135. The summed E-state index contributed by atoms with van der Waals surface area (Å²) in [6.45, 7) is 8.07. The third-order valence-electron chi connectivity index (χ3n) is 3.21. The van der Waals surface area contributed by atoms with Crippen LogP contribution in [0.1, 0.15) is 20.3 Å². The van der Waals surface area contributed by atoms with Crippen molar-refractivity contribution in [3.8, 4) is 0 Å². The second-order valence-electron chi connectivity index (χ2n) is 4.83. The summed E-state index contributed by atoms with van der Waals surface area (Å²) in [7, 11) is 0. The van der Waals surface area contributed by atoms with E-state index in [0.29, 0.717) is 26.4 Å². The predicted octanol–water partition coefficient (Wildman–Crippen LogP) is 0.659. The van der Waals surface area contributed by atoms with Gasteiger partial charge in [-0.25, -0.2) is 0 Å². The van der Waals surface area contributed by atoms with Crippen molar-refractivity contribution in [3.05, 3.63) is 0 Å². The van der Waals surface area contributed by atoms with Crippen LogP contribution < -0.4 is 5.73 Å². The second kappa shape index (κ2) is 8.69. The number of rotatable bonds is 7. The van der Waals surface area contributed by atoms with E-state index in [9.17, 15) is 4.79 Å². The summed E-state index contributed by atoms with van der Waals surface area (Å²) in [5.41, 5.74) is 5.78. The number of carbonyl (C=O) groups is 1. The van der Waals surface area contributed by atoms with Crippen LogP contribution in [0.3, 0.4) is 0 Å². The molecule has 0 spiro atoms. The quantitative estimate of drug-likeness (QED) is 0.696. The number of halogens is 1. The van der Waals surface area contributed by atoms with Gasteiger partial charge in [0, 0.05) is 19.7 Å². The molecule has 0 saturated carbocycles. The van der Waals surface area contributed by atoms with Gasteiger partial charge in [0.1, 0.15) is 6.61 Å². The first kappa shape index (κ1) is 17.6. The number of ether oxygens (including phenoxy) is 2. The molecule has 1 amide bonds. The minimum Gasteiger partial charge on any atom is -0.379 e. The molecule has 2 N–H and O–H groups in total. The largest absolute Gasteiger partial charge is 0.379 e. The van der Waals surface area contributed by atoms with Crippen molar-refractivity contribution in [2.75, 3.05) is 46.1 Å². The maximum absolute atomic E-state index is 11.8. The molecule has 1 fully saturated rings.